The second-order valence-electron chi connectivity index (χ2n) is 7.74. The summed E-state index contributed by atoms with van der Waals surface area (Å²) in [4.78, 5) is 11.1. The highest BCUT2D eigenvalue weighted by Crippen LogP contribution is 2.23. The van der Waals surface area contributed by atoms with Gasteiger partial charge in [0, 0.05) is 35.5 Å². The topological polar surface area (TPSA) is 38.2 Å². The molecule has 0 aliphatic carbocycles. The van der Waals surface area contributed by atoms with E-state index in [-0.39, 0.29) is 17.8 Å². The maximum Gasteiger partial charge on any atom is 0.216 e. The lowest BCUT2D eigenvalue weighted by molar-refractivity contribution is 0.231. The fourth-order valence-electron chi connectivity index (χ4n) is 3.46. The zero-order valence-corrected chi connectivity index (χ0v) is 16.6. The van der Waals surface area contributed by atoms with Crippen molar-refractivity contribution in [3.05, 3.63) is 53.2 Å². The van der Waals surface area contributed by atoms with Gasteiger partial charge in [0.1, 0.15) is 6.61 Å². The molecule has 0 N–H and O–H groups in total. The number of pyridine rings is 2. The first-order valence-corrected chi connectivity index (χ1v) is 10.0. The van der Waals surface area contributed by atoms with E-state index in [9.17, 15) is 4.39 Å². The molecule has 1 aliphatic heterocycles. The van der Waals surface area contributed by atoms with E-state index in [1.165, 1.54) is 25.9 Å². The predicted octanol–water partition coefficient (Wildman–Crippen LogP) is 4.56. The second-order valence-corrected chi connectivity index (χ2v) is 7.74. The molecule has 0 bridgehead atoms. The summed E-state index contributed by atoms with van der Waals surface area (Å²) in [7, 11) is 0. The molecule has 0 spiro atoms. The summed E-state index contributed by atoms with van der Waals surface area (Å²) in [6.07, 6.45) is 3.14. The van der Waals surface area contributed by atoms with Gasteiger partial charge in [-0.2, -0.15) is 4.39 Å². The van der Waals surface area contributed by atoms with E-state index in [0.717, 1.165) is 17.9 Å². The summed E-state index contributed by atoms with van der Waals surface area (Å²) >= 11 is 0. The highest BCUT2D eigenvalue weighted by Gasteiger charge is 2.15. The summed E-state index contributed by atoms with van der Waals surface area (Å²) in [6.45, 7) is 10.0. The van der Waals surface area contributed by atoms with E-state index < -0.39 is 0 Å². The van der Waals surface area contributed by atoms with Gasteiger partial charge < -0.3 is 4.74 Å². The molecule has 27 heavy (non-hydrogen) atoms. The third-order valence-electron chi connectivity index (χ3n) is 5.17. The van der Waals surface area contributed by atoms with Crippen LogP contribution in [0.5, 0.6) is 5.88 Å². The molecule has 0 radical (unpaired) electrons. The van der Waals surface area contributed by atoms with Gasteiger partial charge in [-0.15, -0.1) is 0 Å². The van der Waals surface area contributed by atoms with E-state index in [1.54, 1.807) is 0 Å². The van der Waals surface area contributed by atoms with Crippen molar-refractivity contribution in [1.29, 1.82) is 0 Å². The molecule has 1 fully saturated rings. The third-order valence-corrected chi connectivity index (χ3v) is 5.17. The molecule has 3 rings (SSSR count). The number of rotatable bonds is 8. The van der Waals surface area contributed by atoms with Gasteiger partial charge in [0.2, 0.25) is 11.8 Å². The number of likely N-dealkylation sites (tertiary alicyclic amines) is 1. The maximum absolute atomic E-state index is 14.3. The van der Waals surface area contributed by atoms with Gasteiger partial charge in [-0.25, -0.2) is 9.97 Å². The van der Waals surface area contributed by atoms with E-state index in [2.05, 4.69) is 21.8 Å². The number of aromatic nitrogens is 2. The number of ether oxygens (including phenoxy) is 1. The number of hydrogen-bond donors (Lipinski definition) is 0. The molecule has 3 heterocycles. The Morgan fingerprint density at radius 2 is 1.81 bits per heavy atom. The summed E-state index contributed by atoms with van der Waals surface area (Å²) in [6, 6.07) is 9.60. The van der Waals surface area contributed by atoms with Crippen LogP contribution in [-0.4, -0.2) is 41.1 Å². The fraction of sp³-hybridized carbons (Fsp3) is 0.545. The molecule has 4 nitrogen and oxygen atoms in total. The van der Waals surface area contributed by atoms with Crippen molar-refractivity contribution in [2.24, 2.45) is 0 Å². The zero-order valence-electron chi connectivity index (χ0n) is 16.6. The first kappa shape index (κ1) is 19.7. The smallest absolute Gasteiger partial charge is 0.216 e. The van der Waals surface area contributed by atoms with Gasteiger partial charge in [-0.1, -0.05) is 32.9 Å². The molecule has 0 amide bonds. The van der Waals surface area contributed by atoms with Crippen molar-refractivity contribution >= 4 is 0 Å². The molecular weight excluding hydrogens is 341 g/mol. The van der Waals surface area contributed by atoms with Gasteiger partial charge >= 0.3 is 0 Å². The molecule has 2 aromatic heterocycles. The maximum atomic E-state index is 14.3. The highest BCUT2D eigenvalue weighted by molar-refractivity contribution is 5.23. The van der Waals surface area contributed by atoms with Crippen molar-refractivity contribution in [3.63, 3.8) is 0 Å². The molecule has 1 atom stereocenters. The minimum absolute atomic E-state index is 0.0910. The average Bonchev–Trinajstić information content (AvgIpc) is 3.17. The Bertz CT molecular complexity index is 744. The number of nitrogens with zero attached hydrogens (tertiary/aromatic N) is 3. The van der Waals surface area contributed by atoms with E-state index in [4.69, 9.17) is 4.74 Å². The second kappa shape index (κ2) is 9.27. The zero-order chi connectivity index (χ0) is 19.2. The normalized spacial score (nSPS) is 16.0. The van der Waals surface area contributed by atoms with Gasteiger partial charge in [0.15, 0.2) is 0 Å². The summed E-state index contributed by atoms with van der Waals surface area (Å²) in [5.41, 5.74) is 2.34. The van der Waals surface area contributed by atoms with Crippen molar-refractivity contribution in [2.45, 2.75) is 51.9 Å². The Morgan fingerprint density at radius 3 is 2.52 bits per heavy atom. The lowest BCUT2D eigenvalue weighted by atomic mass is 9.97. The standard InChI is InChI=1S/C22H30FN3O/c1-16(2)19-10-9-18(22(23)25-19)15-17(3)20-7-6-8-21(24-20)27-14-13-26-11-4-5-12-26/h6-10,16-17H,4-5,11-15H2,1-3H3. The van der Waals surface area contributed by atoms with Crippen LogP contribution in [0.25, 0.3) is 0 Å². The van der Waals surface area contributed by atoms with Crippen LogP contribution in [-0.2, 0) is 6.42 Å². The van der Waals surface area contributed by atoms with Gasteiger partial charge in [0.25, 0.3) is 0 Å². The van der Waals surface area contributed by atoms with E-state index in [0.29, 0.717) is 24.5 Å². The number of halogens is 1. The summed E-state index contributed by atoms with van der Waals surface area (Å²) < 4.78 is 20.2. The lowest BCUT2D eigenvalue weighted by Crippen LogP contribution is -2.25. The largest absolute Gasteiger partial charge is 0.476 e. The fourth-order valence-corrected chi connectivity index (χ4v) is 3.46. The molecule has 5 heteroatoms. The van der Waals surface area contributed by atoms with Crippen molar-refractivity contribution < 1.29 is 9.13 Å². The molecule has 0 aromatic carbocycles. The quantitative estimate of drug-likeness (QED) is 0.638. The van der Waals surface area contributed by atoms with Crippen LogP contribution in [0.2, 0.25) is 0 Å². The van der Waals surface area contributed by atoms with Crippen LogP contribution in [0.1, 0.15) is 62.4 Å². The minimum atomic E-state index is -0.369. The van der Waals surface area contributed by atoms with Crippen LogP contribution in [0.4, 0.5) is 4.39 Å². The van der Waals surface area contributed by atoms with Crippen LogP contribution in [0, 0.1) is 5.95 Å². The highest BCUT2D eigenvalue weighted by atomic mass is 19.1. The van der Waals surface area contributed by atoms with Crippen molar-refractivity contribution in [2.75, 3.05) is 26.2 Å². The lowest BCUT2D eigenvalue weighted by Gasteiger charge is -2.16. The number of hydrogen-bond acceptors (Lipinski definition) is 4. The van der Waals surface area contributed by atoms with E-state index >= 15 is 0 Å². The van der Waals surface area contributed by atoms with Crippen LogP contribution >= 0.6 is 0 Å². The Morgan fingerprint density at radius 1 is 1.04 bits per heavy atom. The Labute approximate surface area is 161 Å². The Kier molecular flexibility index (Phi) is 6.78. The molecule has 1 unspecified atom stereocenters. The van der Waals surface area contributed by atoms with Gasteiger partial charge in [-0.3, -0.25) is 4.90 Å². The van der Waals surface area contributed by atoms with Crippen molar-refractivity contribution in [1.82, 2.24) is 14.9 Å². The summed E-state index contributed by atoms with van der Waals surface area (Å²) in [5, 5.41) is 0. The molecule has 146 valence electrons. The SMILES string of the molecule is CC(C)c1ccc(CC(C)c2cccc(OCCN3CCCC3)n2)c(F)n1. The van der Waals surface area contributed by atoms with Gasteiger partial charge in [-0.05, 0) is 50.4 Å². The van der Waals surface area contributed by atoms with Crippen LogP contribution in [0.3, 0.4) is 0 Å². The Hall–Kier alpha value is -2.01. The molecule has 2 aromatic rings. The molecular formula is C22H30FN3O. The Balaban J connectivity index is 1.58. The third kappa shape index (κ3) is 5.48. The minimum Gasteiger partial charge on any atom is -0.476 e. The van der Waals surface area contributed by atoms with Gasteiger partial charge in [0.05, 0.1) is 0 Å². The van der Waals surface area contributed by atoms with Crippen LogP contribution < -0.4 is 4.74 Å². The van der Waals surface area contributed by atoms with Crippen molar-refractivity contribution in [3.8, 4) is 5.88 Å². The van der Waals surface area contributed by atoms with Crippen LogP contribution in [0.15, 0.2) is 30.3 Å². The summed E-state index contributed by atoms with van der Waals surface area (Å²) in [5.74, 6) is 0.591. The molecule has 0 saturated carbocycles. The molecule has 1 aliphatic rings. The molecule has 1 saturated heterocycles. The first-order valence-electron chi connectivity index (χ1n) is 10.0. The predicted molar refractivity (Wildman–Crippen MR) is 106 cm³/mol. The van der Waals surface area contributed by atoms with E-state index in [1.807, 2.05) is 44.2 Å². The first-order chi connectivity index (χ1) is 13.0. The average molecular weight is 372 g/mol. The monoisotopic (exact) mass is 371 g/mol.